The molecule has 0 aliphatic carbocycles. The molecule has 0 saturated heterocycles. The first-order valence-corrected chi connectivity index (χ1v) is 11.1. The van der Waals surface area contributed by atoms with E-state index in [-0.39, 0.29) is 0 Å². The molecule has 2 heteroatoms. The van der Waals surface area contributed by atoms with Crippen molar-refractivity contribution in [2.24, 2.45) is 7.05 Å². The topological polar surface area (TPSA) is 17.0 Å². The van der Waals surface area contributed by atoms with Crippen LogP contribution < -0.4 is 4.57 Å². The number of aryl methyl sites for hydroxylation is 2. The molecule has 6 rings (SSSR count). The Morgan fingerprint density at radius 2 is 1.53 bits per heavy atom. The van der Waals surface area contributed by atoms with Gasteiger partial charge in [0.05, 0.1) is 10.9 Å². The normalized spacial score (nSPS) is 12.8. The SMILES string of the molecule is [2H]C(C)(C)c1ccc2c(-c3ccc4c(oc5c6ccccc6ccc45)c3C)[n+](C)ccc2c1. The lowest BCUT2D eigenvalue weighted by molar-refractivity contribution is -0.659. The van der Waals surface area contributed by atoms with Gasteiger partial charge in [-0.15, -0.1) is 0 Å². The van der Waals surface area contributed by atoms with Crippen molar-refractivity contribution in [2.75, 3.05) is 0 Å². The summed E-state index contributed by atoms with van der Waals surface area (Å²) in [7, 11) is 2.09. The lowest BCUT2D eigenvalue weighted by atomic mass is 9.94. The number of rotatable bonds is 2. The molecule has 0 spiro atoms. The maximum atomic E-state index is 8.43. The van der Waals surface area contributed by atoms with E-state index in [1.54, 1.807) is 0 Å². The third kappa shape index (κ3) is 2.69. The molecule has 0 aliphatic heterocycles. The van der Waals surface area contributed by atoms with Crippen LogP contribution in [0.1, 0.15) is 32.2 Å². The second-order valence-corrected chi connectivity index (χ2v) is 8.96. The van der Waals surface area contributed by atoms with Crippen molar-refractivity contribution >= 4 is 43.5 Å². The minimum absolute atomic E-state index is 0.627. The minimum Gasteiger partial charge on any atom is -0.455 e. The summed E-state index contributed by atoms with van der Waals surface area (Å²) in [5.74, 6) is -0.627. The number of hydrogen-bond donors (Lipinski definition) is 0. The van der Waals surface area contributed by atoms with E-state index in [9.17, 15) is 0 Å². The quantitative estimate of drug-likeness (QED) is 0.263. The van der Waals surface area contributed by atoms with E-state index in [2.05, 4.69) is 97.5 Å². The number of nitrogens with zero attached hydrogens (tertiary/aromatic N) is 1. The van der Waals surface area contributed by atoms with Gasteiger partial charge in [-0.1, -0.05) is 56.3 Å². The second-order valence-electron chi connectivity index (χ2n) is 8.96. The van der Waals surface area contributed by atoms with E-state index < -0.39 is 5.89 Å². The largest absolute Gasteiger partial charge is 0.455 e. The van der Waals surface area contributed by atoms with Crippen LogP contribution in [0.15, 0.2) is 83.4 Å². The maximum Gasteiger partial charge on any atom is 0.220 e. The van der Waals surface area contributed by atoms with Gasteiger partial charge < -0.3 is 4.42 Å². The molecule has 0 N–H and O–H groups in total. The zero-order valence-corrected chi connectivity index (χ0v) is 18.9. The van der Waals surface area contributed by atoms with E-state index in [1.165, 1.54) is 10.8 Å². The Morgan fingerprint density at radius 3 is 2.38 bits per heavy atom. The number of furan rings is 1. The number of fused-ring (bicyclic) bond motifs is 6. The van der Waals surface area contributed by atoms with Gasteiger partial charge in [0.1, 0.15) is 18.2 Å². The molecule has 0 atom stereocenters. The lowest BCUT2D eigenvalue weighted by Gasteiger charge is -2.11. The summed E-state index contributed by atoms with van der Waals surface area (Å²) in [6.45, 7) is 6.02. The summed E-state index contributed by atoms with van der Waals surface area (Å²) in [5.41, 5.74) is 6.38. The molecule has 0 amide bonds. The molecule has 2 nitrogen and oxygen atoms in total. The van der Waals surface area contributed by atoms with Gasteiger partial charge in [0.15, 0.2) is 6.20 Å². The van der Waals surface area contributed by atoms with Gasteiger partial charge in [-0.25, -0.2) is 4.57 Å². The van der Waals surface area contributed by atoms with Gasteiger partial charge in [0, 0.05) is 29.2 Å². The van der Waals surface area contributed by atoms with E-state index in [0.717, 1.165) is 55.1 Å². The standard InChI is InChI=1S/C30H26NO/c1-18(2)21-10-11-24-22(17-21)15-16-31(4)28(24)23-13-14-26-27-12-9-20-7-5-6-8-25(20)30(27)32-29(26)19(23)3/h5-18H,1-4H3/q+1/i18D. The summed E-state index contributed by atoms with van der Waals surface area (Å²) >= 11 is 0. The average molecular weight is 418 g/mol. The van der Waals surface area contributed by atoms with Crippen LogP contribution in [0.2, 0.25) is 0 Å². The Balaban J connectivity index is 1.64. The maximum absolute atomic E-state index is 8.43. The Kier molecular flexibility index (Phi) is 3.89. The molecule has 2 aromatic heterocycles. The van der Waals surface area contributed by atoms with Crippen LogP contribution in [0.5, 0.6) is 0 Å². The molecule has 6 aromatic rings. The fourth-order valence-electron chi connectivity index (χ4n) is 4.98. The van der Waals surface area contributed by atoms with E-state index in [4.69, 9.17) is 5.79 Å². The first-order chi connectivity index (χ1) is 15.8. The van der Waals surface area contributed by atoms with Crippen LogP contribution in [0.25, 0.3) is 54.7 Å². The van der Waals surface area contributed by atoms with Crippen LogP contribution in [0, 0.1) is 6.92 Å². The molecule has 4 aromatic carbocycles. The smallest absolute Gasteiger partial charge is 0.220 e. The predicted molar refractivity (Wildman–Crippen MR) is 134 cm³/mol. The third-order valence-electron chi connectivity index (χ3n) is 6.75. The molecule has 0 bridgehead atoms. The molecular formula is C30H26NO+. The van der Waals surface area contributed by atoms with Gasteiger partial charge >= 0.3 is 0 Å². The highest BCUT2D eigenvalue weighted by atomic mass is 16.3. The summed E-state index contributed by atoms with van der Waals surface area (Å²) in [5, 5.41) is 6.97. The van der Waals surface area contributed by atoms with Crippen molar-refractivity contribution in [3.05, 3.63) is 90.1 Å². The van der Waals surface area contributed by atoms with Crippen molar-refractivity contribution in [1.82, 2.24) is 0 Å². The summed E-state index contributed by atoms with van der Waals surface area (Å²) in [6, 6.07) is 25.7. The first-order valence-electron chi connectivity index (χ1n) is 11.6. The Labute approximate surface area is 189 Å². The van der Waals surface area contributed by atoms with E-state index in [0.29, 0.717) is 0 Å². The van der Waals surface area contributed by atoms with E-state index >= 15 is 0 Å². The number of benzene rings is 4. The van der Waals surface area contributed by atoms with Crippen LogP contribution in [0.3, 0.4) is 0 Å². The third-order valence-corrected chi connectivity index (χ3v) is 6.75. The average Bonchev–Trinajstić information content (AvgIpc) is 3.19. The monoisotopic (exact) mass is 417 g/mol. The van der Waals surface area contributed by atoms with Gasteiger partial charge in [-0.3, -0.25) is 0 Å². The Morgan fingerprint density at radius 1 is 0.781 bits per heavy atom. The highest BCUT2D eigenvalue weighted by Gasteiger charge is 2.21. The van der Waals surface area contributed by atoms with Gasteiger partial charge in [0.25, 0.3) is 0 Å². The fraction of sp³-hybridized carbons (Fsp3) is 0.167. The van der Waals surface area contributed by atoms with Crippen LogP contribution in [-0.2, 0) is 7.05 Å². The lowest BCUT2D eigenvalue weighted by Crippen LogP contribution is -2.30. The molecule has 32 heavy (non-hydrogen) atoms. The van der Waals surface area contributed by atoms with Crippen LogP contribution in [-0.4, -0.2) is 0 Å². The molecule has 0 fully saturated rings. The zero-order valence-electron chi connectivity index (χ0n) is 19.9. The molecule has 0 unspecified atom stereocenters. The fourth-order valence-corrected chi connectivity index (χ4v) is 4.98. The highest BCUT2D eigenvalue weighted by molar-refractivity contribution is 6.16. The van der Waals surface area contributed by atoms with Crippen molar-refractivity contribution < 1.29 is 10.4 Å². The molecule has 156 valence electrons. The molecule has 0 saturated carbocycles. The first kappa shape index (κ1) is 18.0. The van der Waals surface area contributed by atoms with Gasteiger partial charge in [-0.2, -0.15) is 0 Å². The molecule has 0 aliphatic rings. The van der Waals surface area contributed by atoms with E-state index in [1.807, 2.05) is 13.8 Å². The number of pyridine rings is 1. The Hall–Kier alpha value is -3.65. The second kappa shape index (κ2) is 6.93. The van der Waals surface area contributed by atoms with Crippen LogP contribution in [0.4, 0.5) is 0 Å². The number of aromatic nitrogens is 1. The van der Waals surface area contributed by atoms with Gasteiger partial charge in [-0.05, 0) is 53.4 Å². The van der Waals surface area contributed by atoms with Crippen molar-refractivity contribution in [2.45, 2.75) is 26.7 Å². The molecule has 2 heterocycles. The molecular weight excluding hydrogens is 390 g/mol. The number of hydrogen-bond acceptors (Lipinski definition) is 1. The van der Waals surface area contributed by atoms with Gasteiger partial charge in [0.2, 0.25) is 5.69 Å². The highest BCUT2D eigenvalue weighted by Crippen LogP contribution is 2.39. The zero-order chi connectivity index (χ0) is 22.9. The molecule has 0 radical (unpaired) electrons. The van der Waals surface area contributed by atoms with Crippen LogP contribution >= 0.6 is 0 Å². The minimum atomic E-state index is -0.627. The summed E-state index contributed by atoms with van der Waals surface area (Å²) < 4.78 is 17.1. The van der Waals surface area contributed by atoms with Crippen molar-refractivity contribution in [3.63, 3.8) is 0 Å². The van der Waals surface area contributed by atoms with Crippen molar-refractivity contribution in [3.8, 4) is 11.3 Å². The predicted octanol–water partition coefficient (Wildman–Crippen LogP) is 7.82. The van der Waals surface area contributed by atoms with Crippen molar-refractivity contribution in [1.29, 1.82) is 0 Å². The summed E-state index contributed by atoms with van der Waals surface area (Å²) in [6.07, 6.45) is 2.11. The summed E-state index contributed by atoms with van der Waals surface area (Å²) in [4.78, 5) is 0. The Bertz CT molecular complexity index is 1720.